The van der Waals surface area contributed by atoms with Crippen LogP contribution in [0.4, 0.5) is 15.3 Å². The van der Waals surface area contributed by atoms with Gasteiger partial charge in [0.25, 0.3) is 0 Å². The molecule has 7 nitrogen and oxygen atoms in total. The predicted molar refractivity (Wildman–Crippen MR) is 119 cm³/mol. The van der Waals surface area contributed by atoms with Crippen molar-refractivity contribution in [3.05, 3.63) is 28.2 Å². The van der Waals surface area contributed by atoms with Crippen molar-refractivity contribution in [1.82, 2.24) is 14.7 Å². The van der Waals surface area contributed by atoms with Crippen LogP contribution in [-0.4, -0.2) is 77.2 Å². The summed E-state index contributed by atoms with van der Waals surface area (Å²) in [4.78, 5) is 31.0. The molecule has 2 aliphatic rings. The maximum absolute atomic E-state index is 12.6. The molecule has 2 fully saturated rings. The number of carbonyl (C=O) groups is 2. The van der Waals surface area contributed by atoms with Gasteiger partial charge in [0.05, 0.1) is 10.0 Å². The first-order valence-corrected chi connectivity index (χ1v) is 11.0. The molecule has 1 aromatic rings. The lowest BCUT2D eigenvalue weighted by Crippen LogP contribution is -2.53. The van der Waals surface area contributed by atoms with Crippen molar-refractivity contribution in [2.45, 2.75) is 51.8 Å². The zero-order valence-corrected chi connectivity index (χ0v) is 19.5. The highest BCUT2D eigenvalue weighted by molar-refractivity contribution is 6.42. The second kappa shape index (κ2) is 9.20. The Morgan fingerprint density at radius 2 is 1.77 bits per heavy atom. The fourth-order valence-corrected chi connectivity index (χ4v) is 4.21. The topological polar surface area (TPSA) is 65.1 Å². The SMILES string of the molecule is C[C@@H]1CC(N2CCN(C(=O)Nc3ccc(Cl)c(Cl)c3)CC2)CN1C(=O)OC(C)(C)C. The monoisotopic (exact) mass is 456 g/mol. The number of anilines is 1. The average Bonchev–Trinajstić information content (AvgIpc) is 3.05. The number of halogens is 2. The first-order chi connectivity index (χ1) is 14.0. The molecule has 1 unspecified atom stereocenters. The lowest BCUT2D eigenvalue weighted by atomic mass is 10.1. The third-order valence-corrected chi connectivity index (χ3v) is 6.21. The maximum atomic E-state index is 12.6. The molecule has 0 aromatic heterocycles. The molecule has 2 aliphatic heterocycles. The van der Waals surface area contributed by atoms with Crippen molar-refractivity contribution >= 4 is 41.0 Å². The number of hydrogen-bond donors (Lipinski definition) is 1. The number of rotatable bonds is 2. The van der Waals surface area contributed by atoms with E-state index in [4.69, 9.17) is 27.9 Å². The van der Waals surface area contributed by atoms with Crippen molar-refractivity contribution in [2.24, 2.45) is 0 Å². The number of hydrogen-bond acceptors (Lipinski definition) is 4. The van der Waals surface area contributed by atoms with Crippen molar-refractivity contribution in [3.8, 4) is 0 Å². The van der Waals surface area contributed by atoms with Crippen LogP contribution in [0.25, 0.3) is 0 Å². The van der Waals surface area contributed by atoms with Gasteiger partial charge in [-0.25, -0.2) is 9.59 Å². The third-order valence-electron chi connectivity index (χ3n) is 5.47. The van der Waals surface area contributed by atoms with E-state index in [1.165, 1.54) is 0 Å². The van der Waals surface area contributed by atoms with Gasteiger partial charge in [-0.15, -0.1) is 0 Å². The van der Waals surface area contributed by atoms with E-state index >= 15 is 0 Å². The number of nitrogens with zero attached hydrogens (tertiary/aromatic N) is 3. The van der Waals surface area contributed by atoms with E-state index in [2.05, 4.69) is 17.1 Å². The molecule has 2 heterocycles. The van der Waals surface area contributed by atoms with Gasteiger partial charge >= 0.3 is 12.1 Å². The molecule has 3 amide bonds. The molecule has 166 valence electrons. The van der Waals surface area contributed by atoms with Crippen LogP contribution in [0.5, 0.6) is 0 Å². The molecule has 2 saturated heterocycles. The van der Waals surface area contributed by atoms with Gasteiger partial charge in [0.2, 0.25) is 0 Å². The zero-order valence-electron chi connectivity index (χ0n) is 18.0. The highest BCUT2D eigenvalue weighted by atomic mass is 35.5. The summed E-state index contributed by atoms with van der Waals surface area (Å²) >= 11 is 11.9. The van der Waals surface area contributed by atoms with Crippen molar-refractivity contribution < 1.29 is 14.3 Å². The summed E-state index contributed by atoms with van der Waals surface area (Å²) in [6, 6.07) is 5.31. The summed E-state index contributed by atoms with van der Waals surface area (Å²) in [5.74, 6) is 0. The minimum absolute atomic E-state index is 0.140. The van der Waals surface area contributed by atoms with Crippen molar-refractivity contribution in [3.63, 3.8) is 0 Å². The van der Waals surface area contributed by atoms with Gasteiger partial charge < -0.3 is 19.9 Å². The van der Waals surface area contributed by atoms with Crippen LogP contribution in [0.15, 0.2) is 18.2 Å². The number of urea groups is 1. The predicted octanol–water partition coefficient (Wildman–Crippen LogP) is 4.54. The van der Waals surface area contributed by atoms with Crippen molar-refractivity contribution in [2.75, 3.05) is 38.0 Å². The number of nitrogens with one attached hydrogen (secondary N) is 1. The van der Waals surface area contributed by atoms with E-state index < -0.39 is 5.60 Å². The van der Waals surface area contributed by atoms with Gasteiger partial charge in [0.1, 0.15) is 5.60 Å². The molecule has 3 rings (SSSR count). The van der Waals surface area contributed by atoms with Crippen LogP contribution in [0.1, 0.15) is 34.1 Å². The van der Waals surface area contributed by atoms with Crippen LogP contribution in [0.3, 0.4) is 0 Å². The molecule has 0 radical (unpaired) electrons. The second-order valence-electron chi connectivity index (χ2n) is 8.95. The van der Waals surface area contributed by atoms with Crippen LogP contribution >= 0.6 is 23.2 Å². The van der Waals surface area contributed by atoms with Gasteiger partial charge in [-0.3, -0.25) is 4.90 Å². The van der Waals surface area contributed by atoms with Gasteiger partial charge in [0.15, 0.2) is 0 Å². The molecular formula is C21H30Cl2N4O3. The number of carbonyl (C=O) groups excluding carboxylic acids is 2. The second-order valence-corrected chi connectivity index (χ2v) is 9.77. The van der Waals surface area contributed by atoms with E-state index in [1.807, 2.05) is 25.7 Å². The highest BCUT2D eigenvalue weighted by Gasteiger charge is 2.38. The largest absolute Gasteiger partial charge is 0.444 e. The third kappa shape index (κ3) is 5.71. The fraction of sp³-hybridized carbons (Fsp3) is 0.619. The lowest BCUT2D eigenvalue weighted by Gasteiger charge is -2.37. The highest BCUT2D eigenvalue weighted by Crippen LogP contribution is 2.27. The molecule has 0 aliphatic carbocycles. The Hall–Kier alpha value is -1.70. The first kappa shape index (κ1) is 23.0. The zero-order chi connectivity index (χ0) is 22.1. The Labute approximate surface area is 188 Å². The normalized spacial score (nSPS) is 22.9. The molecule has 1 aromatic carbocycles. The van der Waals surface area contributed by atoms with Gasteiger partial charge in [-0.2, -0.15) is 0 Å². The maximum Gasteiger partial charge on any atom is 0.410 e. The number of likely N-dealkylation sites (tertiary alicyclic amines) is 1. The van der Waals surface area contributed by atoms with E-state index in [0.29, 0.717) is 35.4 Å². The molecule has 9 heteroatoms. The first-order valence-electron chi connectivity index (χ1n) is 10.3. The minimum Gasteiger partial charge on any atom is -0.444 e. The minimum atomic E-state index is -0.498. The number of amides is 3. The Morgan fingerprint density at radius 1 is 1.10 bits per heavy atom. The quantitative estimate of drug-likeness (QED) is 0.708. The van der Waals surface area contributed by atoms with Crippen LogP contribution in [0, 0.1) is 0 Å². The Bertz CT molecular complexity index is 791. The van der Waals surface area contributed by atoms with Crippen LogP contribution in [0.2, 0.25) is 10.0 Å². The Kier molecular flexibility index (Phi) is 7.05. The summed E-state index contributed by atoms with van der Waals surface area (Å²) in [7, 11) is 0. The van der Waals surface area contributed by atoms with E-state index in [0.717, 1.165) is 19.5 Å². The average molecular weight is 457 g/mol. The van der Waals surface area contributed by atoms with E-state index in [-0.39, 0.29) is 24.2 Å². The standard InChI is InChI=1S/C21H30Cl2N4O3/c1-14-11-16(13-27(14)20(29)30-21(2,3)4)25-7-9-26(10-8-25)19(28)24-15-5-6-17(22)18(23)12-15/h5-6,12,14,16H,7-11,13H2,1-4H3,(H,24,28)/t14-,16?/m1/s1. The summed E-state index contributed by atoms with van der Waals surface area (Å²) in [5.41, 5.74) is 0.122. The number of ether oxygens (including phenoxy) is 1. The van der Waals surface area contributed by atoms with E-state index in [1.54, 1.807) is 23.1 Å². The van der Waals surface area contributed by atoms with Gasteiger partial charge in [-0.05, 0) is 52.3 Å². The smallest absolute Gasteiger partial charge is 0.410 e. The molecule has 0 spiro atoms. The molecule has 0 saturated carbocycles. The summed E-state index contributed by atoms with van der Waals surface area (Å²) in [6.45, 7) is 11.2. The lowest BCUT2D eigenvalue weighted by molar-refractivity contribution is 0.0223. The Morgan fingerprint density at radius 3 is 2.37 bits per heavy atom. The molecule has 0 bridgehead atoms. The fourth-order valence-electron chi connectivity index (χ4n) is 3.91. The van der Waals surface area contributed by atoms with Gasteiger partial charge in [0, 0.05) is 50.5 Å². The summed E-state index contributed by atoms with van der Waals surface area (Å²) in [6.07, 6.45) is 0.659. The number of piperazine rings is 1. The molecule has 30 heavy (non-hydrogen) atoms. The molecular weight excluding hydrogens is 427 g/mol. The van der Waals surface area contributed by atoms with E-state index in [9.17, 15) is 9.59 Å². The van der Waals surface area contributed by atoms with Gasteiger partial charge in [-0.1, -0.05) is 23.2 Å². The molecule has 2 atom stereocenters. The summed E-state index contributed by atoms with van der Waals surface area (Å²) < 4.78 is 5.54. The van der Waals surface area contributed by atoms with Crippen LogP contribution in [-0.2, 0) is 4.74 Å². The Balaban J connectivity index is 1.50. The number of benzene rings is 1. The summed E-state index contributed by atoms with van der Waals surface area (Å²) in [5, 5.41) is 3.73. The molecule has 1 N–H and O–H groups in total. The van der Waals surface area contributed by atoms with Crippen molar-refractivity contribution in [1.29, 1.82) is 0 Å². The van der Waals surface area contributed by atoms with Crippen LogP contribution < -0.4 is 5.32 Å².